The summed E-state index contributed by atoms with van der Waals surface area (Å²) < 4.78 is 5.49. The highest BCUT2D eigenvalue weighted by Gasteiger charge is 2.40. The number of halogens is 1. The topological polar surface area (TPSA) is 48.3 Å². The summed E-state index contributed by atoms with van der Waals surface area (Å²) in [5, 5.41) is 13.4. The number of benzene rings is 1. The molecule has 3 rings (SSSR count). The van der Waals surface area contributed by atoms with Crippen LogP contribution in [0.1, 0.15) is 12.0 Å². The van der Waals surface area contributed by atoms with Crippen LogP contribution in [-0.2, 0) is 4.74 Å². The highest BCUT2D eigenvalue weighted by atomic mass is 35.5. The predicted molar refractivity (Wildman–Crippen MR) is 91.7 cm³/mol. The Hall–Kier alpha value is -0.930. The number of rotatable bonds is 4. The summed E-state index contributed by atoms with van der Waals surface area (Å²) in [7, 11) is 0. The first kappa shape index (κ1) is 15.9. The summed E-state index contributed by atoms with van der Waals surface area (Å²) in [6.07, 6.45) is 1.18. The van der Waals surface area contributed by atoms with Gasteiger partial charge in [0.1, 0.15) is 6.07 Å². The van der Waals surface area contributed by atoms with E-state index < -0.39 is 0 Å². The fraction of sp³-hybridized carbons (Fsp3) is 0.562. The second kappa shape index (κ2) is 7.10. The maximum atomic E-state index is 9.27. The van der Waals surface area contributed by atoms with Crippen molar-refractivity contribution in [1.29, 1.82) is 5.26 Å². The van der Waals surface area contributed by atoms with Gasteiger partial charge in [-0.2, -0.15) is 17.0 Å². The van der Waals surface area contributed by atoms with Gasteiger partial charge in [0.2, 0.25) is 0 Å². The molecule has 0 radical (unpaired) electrons. The molecular weight excluding hydrogens is 318 g/mol. The number of anilines is 1. The molecule has 2 fully saturated rings. The molecule has 0 amide bonds. The zero-order valence-corrected chi connectivity index (χ0v) is 14.1. The third kappa shape index (κ3) is 3.36. The van der Waals surface area contributed by atoms with E-state index in [0.29, 0.717) is 10.6 Å². The zero-order valence-electron chi connectivity index (χ0n) is 12.5. The minimum absolute atomic E-state index is 0.167. The second-order valence-electron chi connectivity index (χ2n) is 5.78. The van der Waals surface area contributed by atoms with Crippen LogP contribution in [0, 0.1) is 11.3 Å². The van der Waals surface area contributed by atoms with Gasteiger partial charge < -0.3 is 10.1 Å². The molecule has 2 heterocycles. The van der Waals surface area contributed by atoms with Crippen molar-refractivity contribution < 1.29 is 4.74 Å². The van der Waals surface area contributed by atoms with Crippen LogP contribution >= 0.6 is 23.4 Å². The molecule has 1 aromatic carbocycles. The Morgan fingerprint density at radius 2 is 2.23 bits per heavy atom. The molecule has 22 heavy (non-hydrogen) atoms. The third-order valence-electron chi connectivity index (χ3n) is 4.47. The molecule has 1 unspecified atom stereocenters. The van der Waals surface area contributed by atoms with Gasteiger partial charge in [0.05, 0.1) is 24.5 Å². The van der Waals surface area contributed by atoms with Gasteiger partial charge in [-0.15, -0.1) is 0 Å². The number of hydrogen-bond donors (Lipinski definition) is 1. The lowest BCUT2D eigenvalue weighted by molar-refractivity contribution is -0.00920. The van der Waals surface area contributed by atoms with E-state index in [1.54, 1.807) is 6.07 Å². The van der Waals surface area contributed by atoms with E-state index in [1.165, 1.54) is 12.2 Å². The molecule has 2 aliphatic heterocycles. The molecule has 2 saturated heterocycles. The Kier molecular flexibility index (Phi) is 5.14. The van der Waals surface area contributed by atoms with Crippen LogP contribution in [0.4, 0.5) is 5.69 Å². The summed E-state index contributed by atoms with van der Waals surface area (Å²) in [5.74, 6) is 2.33. The number of nitrogens with zero attached hydrogens (tertiary/aromatic N) is 2. The Morgan fingerprint density at radius 3 is 2.91 bits per heavy atom. The van der Waals surface area contributed by atoms with Crippen LogP contribution in [0.15, 0.2) is 18.2 Å². The molecule has 2 aliphatic rings. The highest BCUT2D eigenvalue weighted by molar-refractivity contribution is 7.99. The lowest BCUT2D eigenvalue weighted by Crippen LogP contribution is -2.57. The molecule has 118 valence electrons. The highest BCUT2D eigenvalue weighted by Crippen LogP contribution is 2.34. The minimum atomic E-state index is 0.167. The Bertz CT molecular complexity index is 563. The van der Waals surface area contributed by atoms with E-state index in [-0.39, 0.29) is 5.54 Å². The molecule has 1 atom stereocenters. The van der Waals surface area contributed by atoms with Crippen molar-refractivity contribution in [1.82, 2.24) is 4.90 Å². The molecule has 0 aromatic heterocycles. The molecule has 4 nitrogen and oxygen atoms in total. The SMILES string of the molecule is N#Cc1cc(Cl)ccc1NCC1(N2CCOCC2)CCSC1. The molecule has 6 heteroatoms. The van der Waals surface area contributed by atoms with Crippen LogP contribution in [0.2, 0.25) is 5.02 Å². The lowest BCUT2D eigenvalue weighted by atomic mass is 9.95. The van der Waals surface area contributed by atoms with Crippen molar-refractivity contribution >= 4 is 29.1 Å². The summed E-state index contributed by atoms with van der Waals surface area (Å²) in [6.45, 7) is 4.48. The number of morpholine rings is 1. The van der Waals surface area contributed by atoms with Crippen LogP contribution in [0.3, 0.4) is 0 Å². The first-order valence-corrected chi connectivity index (χ1v) is 9.11. The van der Waals surface area contributed by atoms with Crippen molar-refractivity contribution in [2.45, 2.75) is 12.0 Å². The van der Waals surface area contributed by atoms with Crippen molar-refractivity contribution in [2.75, 3.05) is 49.7 Å². The van der Waals surface area contributed by atoms with Crippen LogP contribution in [0.25, 0.3) is 0 Å². The van der Waals surface area contributed by atoms with Gasteiger partial charge in [-0.3, -0.25) is 4.90 Å². The average molecular weight is 338 g/mol. The summed E-state index contributed by atoms with van der Waals surface area (Å²) >= 11 is 7.98. The lowest BCUT2D eigenvalue weighted by Gasteiger charge is -2.43. The maximum Gasteiger partial charge on any atom is 0.101 e. The van der Waals surface area contributed by atoms with E-state index in [9.17, 15) is 5.26 Å². The zero-order chi connectivity index (χ0) is 15.4. The summed E-state index contributed by atoms with van der Waals surface area (Å²) in [6, 6.07) is 7.66. The standard InChI is InChI=1S/C16H20ClN3OS/c17-14-1-2-15(13(9-14)10-18)19-11-16(3-8-22-12-16)20-4-6-21-7-5-20/h1-2,9,19H,3-8,11-12H2. The number of thioether (sulfide) groups is 1. The normalized spacial score (nSPS) is 25.8. The van der Waals surface area contributed by atoms with Gasteiger partial charge in [-0.1, -0.05) is 11.6 Å². The number of ether oxygens (including phenoxy) is 1. The Labute approximate surface area is 140 Å². The average Bonchev–Trinajstić information content (AvgIpc) is 3.04. The van der Waals surface area contributed by atoms with Crippen molar-refractivity contribution in [3.63, 3.8) is 0 Å². The van der Waals surface area contributed by atoms with E-state index >= 15 is 0 Å². The van der Waals surface area contributed by atoms with Crippen molar-refractivity contribution in [3.05, 3.63) is 28.8 Å². The minimum Gasteiger partial charge on any atom is -0.382 e. The molecule has 1 N–H and O–H groups in total. The van der Waals surface area contributed by atoms with E-state index in [1.807, 2.05) is 23.9 Å². The monoisotopic (exact) mass is 337 g/mol. The van der Waals surface area contributed by atoms with E-state index in [0.717, 1.165) is 44.3 Å². The number of hydrogen-bond acceptors (Lipinski definition) is 5. The summed E-state index contributed by atoms with van der Waals surface area (Å²) in [5.41, 5.74) is 1.65. The molecule has 0 bridgehead atoms. The van der Waals surface area contributed by atoms with E-state index in [4.69, 9.17) is 16.3 Å². The predicted octanol–water partition coefficient (Wildman–Crippen LogP) is 2.83. The van der Waals surface area contributed by atoms with Crippen LogP contribution in [-0.4, -0.2) is 54.8 Å². The van der Waals surface area contributed by atoms with Crippen LogP contribution in [0.5, 0.6) is 0 Å². The fourth-order valence-electron chi connectivity index (χ4n) is 3.16. The number of nitrogens with one attached hydrogen (secondary N) is 1. The quantitative estimate of drug-likeness (QED) is 0.915. The van der Waals surface area contributed by atoms with Gasteiger partial charge in [-0.05, 0) is 30.4 Å². The van der Waals surface area contributed by atoms with E-state index in [2.05, 4.69) is 16.3 Å². The van der Waals surface area contributed by atoms with Gasteiger partial charge >= 0.3 is 0 Å². The Balaban J connectivity index is 1.73. The second-order valence-corrected chi connectivity index (χ2v) is 7.32. The largest absolute Gasteiger partial charge is 0.382 e. The third-order valence-corrected chi connectivity index (χ3v) is 5.94. The van der Waals surface area contributed by atoms with Crippen molar-refractivity contribution in [2.24, 2.45) is 0 Å². The van der Waals surface area contributed by atoms with Crippen LogP contribution < -0.4 is 5.32 Å². The first-order valence-electron chi connectivity index (χ1n) is 7.58. The molecule has 1 aromatic rings. The van der Waals surface area contributed by atoms with Gasteiger partial charge in [0.25, 0.3) is 0 Å². The van der Waals surface area contributed by atoms with Gasteiger partial charge in [0, 0.05) is 35.9 Å². The molecular formula is C16H20ClN3OS. The van der Waals surface area contributed by atoms with Gasteiger partial charge in [0.15, 0.2) is 0 Å². The molecule has 0 saturated carbocycles. The smallest absolute Gasteiger partial charge is 0.101 e. The maximum absolute atomic E-state index is 9.27. The first-order chi connectivity index (χ1) is 10.7. The Morgan fingerprint density at radius 1 is 1.41 bits per heavy atom. The fourth-order valence-corrected chi connectivity index (χ4v) is 4.81. The van der Waals surface area contributed by atoms with Crippen molar-refractivity contribution in [3.8, 4) is 6.07 Å². The van der Waals surface area contributed by atoms with Gasteiger partial charge in [-0.25, -0.2) is 0 Å². The molecule has 0 aliphatic carbocycles. The number of nitriles is 1. The summed E-state index contributed by atoms with van der Waals surface area (Å²) in [4.78, 5) is 2.56. The molecule has 0 spiro atoms.